The largest absolute Gasteiger partial charge is 0.364 e. The molecule has 0 aliphatic heterocycles. The predicted octanol–water partition coefficient (Wildman–Crippen LogP) is 7.31. The molecule has 0 aliphatic carbocycles. The Hall–Kier alpha value is -4.36. The van der Waals surface area contributed by atoms with Crippen molar-refractivity contribution in [1.82, 2.24) is 15.0 Å². The van der Waals surface area contributed by atoms with Gasteiger partial charge in [0.05, 0.1) is 16.1 Å². The van der Waals surface area contributed by atoms with Gasteiger partial charge in [-0.15, -0.1) is 0 Å². The quantitative estimate of drug-likeness (QED) is 0.242. The van der Waals surface area contributed by atoms with Gasteiger partial charge >= 0.3 is 0 Å². The summed E-state index contributed by atoms with van der Waals surface area (Å²) in [6.07, 6.45) is 3.48. The van der Waals surface area contributed by atoms with Crippen LogP contribution >= 0.6 is 11.3 Å². The third-order valence-corrected chi connectivity index (χ3v) is 7.10. The smallest absolute Gasteiger partial charge is 0.259 e. The summed E-state index contributed by atoms with van der Waals surface area (Å²) in [6.45, 7) is 5.99. The van der Waals surface area contributed by atoms with E-state index in [-0.39, 0.29) is 11.9 Å². The van der Waals surface area contributed by atoms with Crippen LogP contribution in [0.5, 0.6) is 0 Å². The second-order valence-corrected chi connectivity index (χ2v) is 9.86. The molecule has 2 aromatic carbocycles. The highest BCUT2D eigenvalue weighted by atomic mass is 32.1. The molecular formula is C30H27N5OS. The molecule has 1 unspecified atom stereocenters. The molecule has 3 aromatic heterocycles. The first-order chi connectivity index (χ1) is 18.0. The average molecular weight is 506 g/mol. The number of rotatable bonds is 7. The summed E-state index contributed by atoms with van der Waals surface area (Å²) in [5.74, 6) is 0.546. The number of aryl methyl sites for hydroxylation is 2. The molecule has 0 aliphatic rings. The van der Waals surface area contributed by atoms with Crippen molar-refractivity contribution in [1.29, 1.82) is 0 Å². The molecule has 0 bridgehead atoms. The molecule has 3 heterocycles. The SMILES string of the molecule is Cc1cccc(-c2nc(NC(=O)c3cccnc3C)sc2-c2ccnc(NC(C)c3ccccc3)c2)c1. The standard InChI is InChI=1S/C30H27N5OS/c1-19-9-7-12-23(17-19)27-28(37-30(34-27)35-29(36)25-13-8-15-31-21(25)3)24-14-16-32-26(18-24)33-20(2)22-10-5-4-6-11-22/h4-18,20H,1-3H3,(H,32,33)(H,34,35,36). The Morgan fingerprint density at radius 1 is 0.865 bits per heavy atom. The average Bonchev–Trinajstić information content (AvgIpc) is 3.33. The molecule has 0 saturated heterocycles. The van der Waals surface area contributed by atoms with Crippen molar-refractivity contribution >= 4 is 28.2 Å². The molecule has 37 heavy (non-hydrogen) atoms. The molecule has 2 N–H and O–H groups in total. The summed E-state index contributed by atoms with van der Waals surface area (Å²) in [5.41, 5.74) is 6.32. The number of anilines is 2. The van der Waals surface area contributed by atoms with Crippen LogP contribution in [0, 0.1) is 13.8 Å². The number of pyridine rings is 2. The molecule has 6 nitrogen and oxygen atoms in total. The van der Waals surface area contributed by atoms with E-state index in [1.807, 2.05) is 49.4 Å². The van der Waals surface area contributed by atoms with Gasteiger partial charge in [0.25, 0.3) is 5.91 Å². The summed E-state index contributed by atoms with van der Waals surface area (Å²) in [4.78, 5) is 27.6. The minimum absolute atomic E-state index is 0.0965. The van der Waals surface area contributed by atoms with Crippen LogP contribution in [-0.2, 0) is 0 Å². The van der Waals surface area contributed by atoms with Crippen molar-refractivity contribution < 1.29 is 4.79 Å². The number of carbonyl (C=O) groups is 1. The van der Waals surface area contributed by atoms with Gasteiger partial charge in [-0.25, -0.2) is 9.97 Å². The number of thiazole rings is 1. The van der Waals surface area contributed by atoms with Crippen LogP contribution in [-0.4, -0.2) is 20.9 Å². The zero-order valence-electron chi connectivity index (χ0n) is 20.9. The lowest BCUT2D eigenvalue weighted by Crippen LogP contribution is -2.13. The van der Waals surface area contributed by atoms with E-state index >= 15 is 0 Å². The van der Waals surface area contributed by atoms with Crippen molar-refractivity contribution in [3.63, 3.8) is 0 Å². The molecule has 0 saturated carbocycles. The summed E-state index contributed by atoms with van der Waals surface area (Å²) in [5, 5.41) is 7.01. The molecule has 0 spiro atoms. The third-order valence-electron chi connectivity index (χ3n) is 6.08. The first kappa shape index (κ1) is 24.3. The molecule has 0 radical (unpaired) electrons. The predicted molar refractivity (Wildman–Crippen MR) is 151 cm³/mol. The number of nitrogens with zero attached hydrogens (tertiary/aromatic N) is 3. The van der Waals surface area contributed by atoms with Gasteiger partial charge in [0.15, 0.2) is 5.13 Å². The van der Waals surface area contributed by atoms with E-state index in [4.69, 9.17) is 4.98 Å². The van der Waals surface area contributed by atoms with Gasteiger partial charge in [0.1, 0.15) is 5.82 Å². The van der Waals surface area contributed by atoms with Crippen molar-refractivity contribution in [3.8, 4) is 21.7 Å². The minimum Gasteiger partial charge on any atom is -0.364 e. The highest BCUT2D eigenvalue weighted by Crippen LogP contribution is 2.40. The normalized spacial score (nSPS) is 11.6. The van der Waals surface area contributed by atoms with Crippen LogP contribution in [0.25, 0.3) is 21.7 Å². The van der Waals surface area contributed by atoms with E-state index in [9.17, 15) is 4.79 Å². The Kier molecular flexibility index (Phi) is 7.05. The zero-order valence-corrected chi connectivity index (χ0v) is 21.7. The lowest BCUT2D eigenvalue weighted by Gasteiger charge is -2.15. The fourth-order valence-corrected chi connectivity index (χ4v) is 5.12. The molecular weight excluding hydrogens is 478 g/mol. The first-order valence-electron chi connectivity index (χ1n) is 12.1. The highest BCUT2D eigenvalue weighted by Gasteiger charge is 2.19. The molecule has 7 heteroatoms. The van der Waals surface area contributed by atoms with Gasteiger partial charge in [-0.3, -0.25) is 15.1 Å². The van der Waals surface area contributed by atoms with E-state index in [0.29, 0.717) is 16.4 Å². The number of hydrogen-bond donors (Lipinski definition) is 2. The van der Waals surface area contributed by atoms with Crippen LogP contribution in [0.4, 0.5) is 10.9 Å². The summed E-state index contributed by atoms with van der Waals surface area (Å²) >= 11 is 1.45. The van der Waals surface area contributed by atoms with Crippen LogP contribution < -0.4 is 10.6 Å². The molecule has 0 fully saturated rings. The molecule has 1 amide bonds. The fraction of sp³-hybridized carbons (Fsp3) is 0.133. The van der Waals surface area contributed by atoms with Crippen molar-refractivity contribution in [3.05, 3.63) is 114 Å². The summed E-state index contributed by atoms with van der Waals surface area (Å²) < 4.78 is 0. The maximum atomic E-state index is 13.0. The van der Waals surface area contributed by atoms with Crippen molar-refractivity contribution in [2.24, 2.45) is 0 Å². The molecule has 5 aromatic rings. The van der Waals surface area contributed by atoms with Crippen molar-refractivity contribution in [2.75, 3.05) is 10.6 Å². The van der Waals surface area contributed by atoms with Gasteiger partial charge in [-0.05, 0) is 62.2 Å². The maximum absolute atomic E-state index is 13.0. The number of carbonyl (C=O) groups excluding carboxylic acids is 1. The van der Waals surface area contributed by atoms with E-state index in [2.05, 4.69) is 58.7 Å². The topological polar surface area (TPSA) is 79.8 Å². The summed E-state index contributed by atoms with van der Waals surface area (Å²) in [6, 6.07) is 26.1. The molecule has 5 rings (SSSR count). The van der Waals surface area contributed by atoms with Gasteiger partial charge in [0, 0.05) is 29.7 Å². The molecule has 184 valence electrons. The Bertz CT molecular complexity index is 1550. The Balaban J connectivity index is 1.50. The Labute approximate surface area is 220 Å². The molecule has 1 atom stereocenters. The number of aromatic nitrogens is 3. The van der Waals surface area contributed by atoms with Crippen LogP contribution in [0.2, 0.25) is 0 Å². The van der Waals surface area contributed by atoms with Gasteiger partial charge in [0.2, 0.25) is 0 Å². The monoisotopic (exact) mass is 505 g/mol. The second-order valence-electron chi connectivity index (χ2n) is 8.86. The van der Waals surface area contributed by atoms with Crippen LogP contribution in [0.3, 0.4) is 0 Å². The minimum atomic E-state index is -0.226. The van der Waals surface area contributed by atoms with E-state index in [1.54, 1.807) is 24.5 Å². The first-order valence-corrected chi connectivity index (χ1v) is 12.9. The summed E-state index contributed by atoms with van der Waals surface area (Å²) in [7, 11) is 0. The lowest BCUT2D eigenvalue weighted by molar-refractivity contribution is 0.102. The van der Waals surface area contributed by atoms with E-state index in [0.717, 1.165) is 33.1 Å². The van der Waals surface area contributed by atoms with E-state index < -0.39 is 0 Å². The Morgan fingerprint density at radius 3 is 2.49 bits per heavy atom. The number of nitrogens with one attached hydrogen (secondary N) is 2. The van der Waals surface area contributed by atoms with E-state index in [1.165, 1.54) is 16.9 Å². The van der Waals surface area contributed by atoms with Crippen LogP contribution in [0.1, 0.15) is 40.1 Å². The number of benzene rings is 2. The van der Waals surface area contributed by atoms with Crippen molar-refractivity contribution in [2.45, 2.75) is 26.8 Å². The zero-order chi connectivity index (χ0) is 25.8. The fourth-order valence-electron chi connectivity index (χ4n) is 4.14. The van der Waals surface area contributed by atoms with Crippen LogP contribution in [0.15, 0.2) is 91.3 Å². The number of amides is 1. The number of hydrogen-bond acceptors (Lipinski definition) is 6. The maximum Gasteiger partial charge on any atom is 0.259 e. The lowest BCUT2D eigenvalue weighted by atomic mass is 10.1. The Morgan fingerprint density at radius 2 is 1.70 bits per heavy atom. The van der Waals surface area contributed by atoms with Gasteiger partial charge in [-0.1, -0.05) is 65.4 Å². The van der Waals surface area contributed by atoms with Gasteiger partial charge in [-0.2, -0.15) is 0 Å². The third kappa shape index (κ3) is 5.57. The van der Waals surface area contributed by atoms with Gasteiger partial charge < -0.3 is 5.32 Å². The highest BCUT2D eigenvalue weighted by molar-refractivity contribution is 7.19. The second kappa shape index (κ2) is 10.7.